The minimum Gasteiger partial charge on any atom is -0.748 e. The molecule has 2 amide bonds. The van der Waals surface area contributed by atoms with Crippen molar-refractivity contribution in [2.24, 2.45) is 0 Å². The molecule has 3 heterocycles. The summed E-state index contributed by atoms with van der Waals surface area (Å²) in [6.07, 6.45) is 4.52. The van der Waals surface area contributed by atoms with Crippen LogP contribution in [0.25, 0.3) is 0 Å². The quantitative estimate of drug-likeness (QED) is 0.0414. The largest absolute Gasteiger partial charge is 0.748 e. The zero-order valence-electron chi connectivity index (χ0n) is 42.2. The number of ether oxygens (including phenoxy) is 6. The van der Waals surface area contributed by atoms with Gasteiger partial charge in [0, 0.05) is 72.5 Å². The summed E-state index contributed by atoms with van der Waals surface area (Å²) < 4.78 is 179. The van der Waals surface area contributed by atoms with Crippen molar-refractivity contribution in [1.29, 1.82) is 0 Å². The molecule has 1 saturated heterocycles. The van der Waals surface area contributed by atoms with Gasteiger partial charge in [-0.15, -0.1) is 5.06 Å². The van der Waals surface area contributed by atoms with Crippen LogP contribution in [-0.4, -0.2) is 189 Å². The van der Waals surface area contributed by atoms with Crippen LogP contribution in [0.1, 0.15) is 69.9 Å². The number of nitrogens with zero attached hydrogens (tertiary/aromatic N) is 3. The number of hydrogen-bond donors (Lipinski definition) is 0. The fourth-order valence-corrected chi connectivity index (χ4v) is 11.1. The number of amides is 2. The third-order valence-electron chi connectivity index (χ3n) is 12.8. The average molecular weight is 1150 g/mol. The molecule has 5 rings (SSSR count). The first kappa shape index (κ1) is 62.2. The molecule has 3 aliphatic rings. The van der Waals surface area contributed by atoms with Crippen LogP contribution in [0.15, 0.2) is 70.1 Å². The van der Waals surface area contributed by atoms with E-state index in [-0.39, 0.29) is 131 Å². The van der Waals surface area contributed by atoms with Gasteiger partial charge in [-0.2, -0.15) is 4.58 Å². The second-order valence-electron chi connectivity index (χ2n) is 18.1. The highest BCUT2D eigenvalue weighted by Gasteiger charge is 2.48. The molecule has 0 aromatic heterocycles. The van der Waals surface area contributed by atoms with Gasteiger partial charge in [-0.05, 0) is 81.5 Å². The lowest BCUT2D eigenvalue weighted by Crippen LogP contribution is -2.33. The van der Waals surface area contributed by atoms with Crippen molar-refractivity contribution < 1.29 is 104 Å². The summed E-state index contributed by atoms with van der Waals surface area (Å²) in [6, 6.07) is 7.64. The molecule has 2 unspecified atom stereocenters. The van der Waals surface area contributed by atoms with Crippen molar-refractivity contribution >= 4 is 75.3 Å². The molecular weight excluding hydrogens is 1090 g/mol. The van der Waals surface area contributed by atoms with E-state index < -0.39 is 90.4 Å². The second-order valence-corrected chi connectivity index (χ2v) is 23.9. The van der Waals surface area contributed by atoms with Crippen molar-refractivity contribution in [2.75, 3.05) is 109 Å². The van der Waals surface area contributed by atoms with Crippen LogP contribution in [0.2, 0.25) is 0 Å². The van der Waals surface area contributed by atoms with Gasteiger partial charge in [0.2, 0.25) is 5.69 Å². The number of methoxy groups -OCH3 is 1. The Kier molecular flexibility index (Phi) is 22.4. The van der Waals surface area contributed by atoms with Crippen LogP contribution in [-0.2, 0) is 98.9 Å². The van der Waals surface area contributed by atoms with Crippen LogP contribution >= 0.6 is 0 Å². The predicted octanol–water partition coefficient (Wildman–Crippen LogP) is 1.45. The molecule has 29 heteroatoms. The maximum absolute atomic E-state index is 12.3. The Morgan fingerprint density at radius 2 is 1.14 bits per heavy atom. The average Bonchev–Trinajstić information content (AvgIpc) is 3.87. The van der Waals surface area contributed by atoms with Crippen LogP contribution in [0.3, 0.4) is 0 Å². The number of carbonyl (C=O) groups excluding carboxylic acids is 3. The van der Waals surface area contributed by atoms with Gasteiger partial charge in [0.05, 0.1) is 108 Å². The Bertz CT molecular complexity index is 2950. The maximum Gasteiger partial charge on any atom is 0.335 e. The molecule has 0 radical (unpaired) electrons. The van der Waals surface area contributed by atoms with E-state index in [2.05, 4.69) is 0 Å². The number of hydroxylamine groups is 2. The van der Waals surface area contributed by atoms with Crippen molar-refractivity contribution in [3.63, 3.8) is 0 Å². The third kappa shape index (κ3) is 17.5. The van der Waals surface area contributed by atoms with E-state index in [1.54, 1.807) is 36.7 Å². The van der Waals surface area contributed by atoms with Gasteiger partial charge in [0.25, 0.3) is 11.8 Å². The third-order valence-corrected chi connectivity index (χ3v) is 16.0. The predicted molar refractivity (Wildman–Crippen MR) is 263 cm³/mol. The van der Waals surface area contributed by atoms with Gasteiger partial charge in [-0.1, -0.05) is 6.08 Å². The Hall–Kier alpha value is -4.60. The van der Waals surface area contributed by atoms with Crippen molar-refractivity contribution in [1.82, 2.24) is 5.06 Å². The number of anilines is 1. The molecule has 2 aromatic rings. The number of fused-ring (bicyclic) bond motifs is 2. The normalized spacial score (nSPS) is 19.7. The zero-order valence-corrected chi connectivity index (χ0v) is 45.5. The number of hydrogen-bond acceptors (Lipinski definition) is 23. The lowest BCUT2D eigenvalue weighted by Gasteiger charge is -2.30. The summed E-state index contributed by atoms with van der Waals surface area (Å²) in [5, 5.41) is 0.471. The molecular formula is C47H62N3O22S4-3. The van der Waals surface area contributed by atoms with Crippen LogP contribution in [0, 0.1) is 0 Å². The first-order valence-corrected chi connectivity index (χ1v) is 30.0. The van der Waals surface area contributed by atoms with E-state index in [4.69, 9.17) is 33.3 Å². The van der Waals surface area contributed by atoms with E-state index in [1.807, 2.05) is 4.90 Å². The molecule has 0 N–H and O–H groups in total. The van der Waals surface area contributed by atoms with Crippen molar-refractivity contribution in [3.05, 3.63) is 71.5 Å². The van der Waals surface area contributed by atoms with E-state index in [0.29, 0.717) is 39.0 Å². The number of imide groups is 1. The SMILES string of the molecule is COCCN1C(=CC=CC2=[N+](CCOCCOCCOCCOCCOCCC(=O)ON3C(=O)CCC3=O)c3ccc(S(=O)(=O)[O-])cc3C2(C)CCCS(=O)(=O)[O-])C(C)(CCCS(=O)(=O)[O-])c2cc(S(=O)(=O)[O-])ccc21. The summed E-state index contributed by atoms with van der Waals surface area (Å²) in [5.74, 6) is -3.39. The number of carbonyl (C=O) groups is 3. The van der Waals surface area contributed by atoms with E-state index >= 15 is 0 Å². The van der Waals surface area contributed by atoms with Crippen LogP contribution in [0.5, 0.6) is 0 Å². The lowest BCUT2D eigenvalue weighted by atomic mass is 9.75. The number of rotatable bonds is 34. The highest BCUT2D eigenvalue weighted by atomic mass is 32.2. The fourth-order valence-electron chi connectivity index (χ4n) is 9.10. The number of allylic oxidation sites excluding steroid dienone is 4. The Balaban J connectivity index is 1.27. The monoisotopic (exact) mass is 1150 g/mol. The molecule has 1 fully saturated rings. The zero-order chi connectivity index (χ0) is 56.0. The summed E-state index contributed by atoms with van der Waals surface area (Å²) in [7, 11) is -17.8. The molecule has 76 heavy (non-hydrogen) atoms. The van der Waals surface area contributed by atoms with Gasteiger partial charge in [0.1, 0.15) is 26.8 Å². The molecule has 0 aliphatic carbocycles. The van der Waals surface area contributed by atoms with E-state index in [1.165, 1.54) is 31.4 Å². The molecule has 424 valence electrons. The molecule has 2 atom stereocenters. The van der Waals surface area contributed by atoms with Crippen molar-refractivity contribution in [3.8, 4) is 0 Å². The molecule has 0 bridgehead atoms. The summed E-state index contributed by atoms with van der Waals surface area (Å²) in [4.78, 5) is 40.4. The topological polar surface area (TPSA) is 354 Å². The standard InChI is InChI=1S/C47H65N3O22S4/c1-46(16-5-31-73(54,55)56)37-33-35(75(60,61)62)9-11-39(37)48(18-21-66-3)41(46)7-4-8-42-47(2,17-6-32-74(57,58)59)38-34-36(76(63,64)65)10-12-40(38)49(42)19-22-68-24-26-70-28-30-71-29-27-69-25-23-67-20-15-45(53)72-50-43(51)13-14-44(50)52/h4,7-12,33-34H,5-6,13-32H2,1-3H3,(H3-,54,55,56,57,58,59,60,61,62,63,64,65)/p-3. The summed E-state index contributed by atoms with van der Waals surface area (Å²) >= 11 is 0. The van der Waals surface area contributed by atoms with Gasteiger partial charge in [-0.25, -0.2) is 38.5 Å². The molecule has 0 saturated carbocycles. The molecule has 2 aromatic carbocycles. The minimum atomic E-state index is -4.98. The molecule has 3 aliphatic heterocycles. The van der Waals surface area contributed by atoms with Crippen molar-refractivity contribution in [2.45, 2.75) is 79.4 Å². The lowest BCUT2D eigenvalue weighted by molar-refractivity contribution is -0.442. The van der Waals surface area contributed by atoms with E-state index in [0.717, 1.165) is 12.1 Å². The Morgan fingerprint density at radius 1 is 0.658 bits per heavy atom. The van der Waals surface area contributed by atoms with E-state index in [9.17, 15) is 66.3 Å². The van der Waals surface area contributed by atoms with Crippen LogP contribution < -0.4 is 4.90 Å². The van der Waals surface area contributed by atoms with Gasteiger partial charge in [0.15, 0.2) is 12.3 Å². The smallest absolute Gasteiger partial charge is 0.335 e. The van der Waals surface area contributed by atoms with Gasteiger partial charge < -0.3 is 56.4 Å². The Labute approximate surface area is 442 Å². The minimum absolute atomic E-state index is 0.00134. The Morgan fingerprint density at radius 3 is 1.66 bits per heavy atom. The fraction of sp³-hybridized carbons (Fsp3) is 0.574. The highest BCUT2D eigenvalue weighted by Crippen LogP contribution is 2.51. The summed E-state index contributed by atoms with van der Waals surface area (Å²) in [6.45, 7) is 5.66. The van der Waals surface area contributed by atoms with Gasteiger partial charge >= 0.3 is 5.97 Å². The highest BCUT2D eigenvalue weighted by molar-refractivity contribution is 7.86. The molecule has 25 nitrogen and oxygen atoms in total. The first-order valence-electron chi connectivity index (χ1n) is 24.0. The van der Waals surface area contributed by atoms with Gasteiger partial charge in [-0.3, -0.25) is 9.59 Å². The maximum atomic E-state index is 12.3. The molecule has 0 spiro atoms. The first-order chi connectivity index (χ1) is 35.7. The second kappa shape index (κ2) is 27.3. The van der Waals surface area contributed by atoms with Crippen LogP contribution in [0.4, 0.5) is 11.4 Å². The number of benzene rings is 2. The summed E-state index contributed by atoms with van der Waals surface area (Å²) in [5.41, 5.74) is 0.224.